The van der Waals surface area contributed by atoms with Gasteiger partial charge in [0.15, 0.2) is 0 Å². The molecule has 2 rings (SSSR count). The molecule has 0 bridgehead atoms. The van der Waals surface area contributed by atoms with Crippen LogP contribution in [0.1, 0.15) is 5.56 Å². The summed E-state index contributed by atoms with van der Waals surface area (Å²) in [5, 5.41) is 3.28. The highest BCUT2D eigenvalue weighted by molar-refractivity contribution is 8.14. The van der Waals surface area contributed by atoms with Crippen molar-refractivity contribution >= 4 is 28.8 Å². The molecule has 0 radical (unpaired) electrons. The number of thioether (sulfide) groups is 1. The molecule has 1 heterocycles. The molecule has 0 fully saturated rings. The van der Waals surface area contributed by atoms with Gasteiger partial charge in [0.05, 0.1) is 11.6 Å². The van der Waals surface area contributed by atoms with E-state index in [2.05, 4.69) is 10.3 Å². The summed E-state index contributed by atoms with van der Waals surface area (Å²) >= 11 is 1.41. The van der Waals surface area contributed by atoms with E-state index in [-0.39, 0.29) is 13.2 Å². The van der Waals surface area contributed by atoms with Crippen molar-refractivity contribution in [2.45, 2.75) is 12.6 Å². The summed E-state index contributed by atoms with van der Waals surface area (Å²) < 4.78 is 5.06. The van der Waals surface area contributed by atoms with Gasteiger partial charge in [-0.1, -0.05) is 30.3 Å². The number of hydrogen-bond acceptors (Lipinski definition) is 5. The molecule has 106 valence electrons. The van der Waals surface area contributed by atoms with Crippen LogP contribution in [-0.2, 0) is 16.1 Å². The van der Waals surface area contributed by atoms with Crippen LogP contribution in [0.2, 0.25) is 0 Å². The van der Waals surface area contributed by atoms with Crippen LogP contribution in [0.4, 0.5) is 4.79 Å². The Hall–Kier alpha value is -2.02. The highest BCUT2D eigenvalue weighted by atomic mass is 32.2. The zero-order valence-electron chi connectivity index (χ0n) is 10.7. The number of nitrogens with zero attached hydrogens (tertiary/aromatic N) is 1. The topological polar surface area (TPSA) is 93.8 Å². The largest absolute Gasteiger partial charge is 0.445 e. The van der Waals surface area contributed by atoms with E-state index in [0.717, 1.165) is 5.56 Å². The van der Waals surface area contributed by atoms with Gasteiger partial charge in [-0.25, -0.2) is 4.79 Å². The molecule has 20 heavy (non-hydrogen) atoms. The van der Waals surface area contributed by atoms with E-state index in [1.165, 1.54) is 11.8 Å². The molecule has 1 aliphatic heterocycles. The molecule has 1 aliphatic rings. The van der Waals surface area contributed by atoms with Crippen molar-refractivity contribution in [3.63, 3.8) is 0 Å². The first-order valence-corrected chi connectivity index (χ1v) is 7.07. The minimum Gasteiger partial charge on any atom is -0.445 e. The Labute approximate surface area is 120 Å². The molecule has 1 unspecified atom stereocenters. The quantitative estimate of drug-likeness (QED) is 0.844. The highest BCUT2D eigenvalue weighted by Crippen LogP contribution is 2.17. The smallest absolute Gasteiger partial charge is 0.407 e. The summed E-state index contributed by atoms with van der Waals surface area (Å²) in [7, 11) is 0. The molecule has 7 heteroatoms. The second kappa shape index (κ2) is 6.95. The maximum atomic E-state index is 11.5. The van der Waals surface area contributed by atoms with Crippen LogP contribution in [-0.4, -0.2) is 35.4 Å². The second-order valence-corrected chi connectivity index (χ2v) is 5.26. The lowest BCUT2D eigenvalue weighted by Crippen LogP contribution is -2.29. The van der Waals surface area contributed by atoms with Gasteiger partial charge >= 0.3 is 6.09 Å². The summed E-state index contributed by atoms with van der Waals surface area (Å²) in [4.78, 5) is 26.5. The van der Waals surface area contributed by atoms with E-state index in [4.69, 9.17) is 10.5 Å². The van der Waals surface area contributed by atoms with Crippen LogP contribution in [0, 0.1) is 0 Å². The Bertz CT molecular complexity index is 519. The average Bonchev–Trinajstić information content (AvgIpc) is 2.93. The number of primary amides is 1. The minimum atomic E-state index is -0.514. The van der Waals surface area contributed by atoms with Gasteiger partial charge in [0, 0.05) is 5.75 Å². The average molecular weight is 293 g/mol. The first-order chi connectivity index (χ1) is 9.65. The van der Waals surface area contributed by atoms with Gasteiger partial charge in [0.25, 0.3) is 0 Å². The van der Waals surface area contributed by atoms with Crippen LogP contribution in [0.5, 0.6) is 0 Å². The first kappa shape index (κ1) is 14.4. The number of ether oxygens (including phenoxy) is 1. The molecular formula is C13H15N3O3S. The zero-order chi connectivity index (χ0) is 14.4. The lowest BCUT2D eigenvalue weighted by molar-refractivity contribution is -0.118. The number of aliphatic imine (C=N–C) groups is 1. The fourth-order valence-electron chi connectivity index (χ4n) is 1.59. The van der Waals surface area contributed by atoms with E-state index in [1.807, 2.05) is 30.3 Å². The number of nitrogens with one attached hydrogen (secondary N) is 1. The van der Waals surface area contributed by atoms with Gasteiger partial charge < -0.3 is 15.8 Å². The summed E-state index contributed by atoms with van der Waals surface area (Å²) in [6.45, 7) is 0.471. The number of nitrogens with two attached hydrogens (primary N) is 1. The third kappa shape index (κ3) is 4.27. The molecule has 0 saturated carbocycles. The Morgan fingerprint density at radius 2 is 2.15 bits per heavy atom. The van der Waals surface area contributed by atoms with Gasteiger partial charge in [0.1, 0.15) is 12.6 Å². The van der Waals surface area contributed by atoms with Crippen molar-refractivity contribution in [3.8, 4) is 0 Å². The molecule has 0 aliphatic carbocycles. The van der Waals surface area contributed by atoms with Crippen molar-refractivity contribution in [3.05, 3.63) is 35.9 Å². The van der Waals surface area contributed by atoms with Gasteiger partial charge in [-0.3, -0.25) is 9.79 Å². The Morgan fingerprint density at radius 3 is 2.80 bits per heavy atom. The fraction of sp³-hybridized carbons (Fsp3) is 0.308. The van der Waals surface area contributed by atoms with Gasteiger partial charge in [0.2, 0.25) is 5.91 Å². The lowest BCUT2D eigenvalue weighted by atomic mass is 10.2. The summed E-state index contributed by atoms with van der Waals surface area (Å²) in [5.41, 5.74) is 6.08. The third-order valence-corrected chi connectivity index (χ3v) is 3.70. The van der Waals surface area contributed by atoms with Crippen LogP contribution < -0.4 is 11.1 Å². The molecule has 1 atom stereocenters. The number of rotatable bonds is 5. The van der Waals surface area contributed by atoms with E-state index < -0.39 is 18.0 Å². The molecular weight excluding hydrogens is 278 g/mol. The molecule has 1 aromatic rings. The van der Waals surface area contributed by atoms with E-state index in [1.54, 1.807) is 0 Å². The standard InChI is InChI=1S/C13H15N3O3S/c14-12(17)10-8-20-11(16-10)6-15-13(18)19-7-9-4-2-1-3-5-9/h1-5,10H,6-8H2,(H2,14,17)(H,15,18). The normalized spacial score (nSPS) is 17.4. The molecule has 0 spiro atoms. The molecule has 0 aromatic heterocycles. The first-order valence-electron chi connectivity index (χ1n) is 6.08. The van der Waals surface area contributed by atoms with Crippen LogP contribution in [0.25, 0.3) is 0 Å². The van der Waals surface area contributed by atoms with Crippen LogP contribution in [0.3, 0.4) is 0 Å². The van der Waals surface area contributed by atoms with E-state index in [9.17, 15) is 9.59 Å². The Morgan fingerprint density at radius 1 is 1.40 bits per heavy atom. The summed E-state index contributed by atoms with van der Waals surface area (Å²) in [6.07, 6.45) is -0.514. The van der Waals surface area contributed by atoms with E-state index in [0.29, 0.717) is 10.8 Å². The van der Waals surface area contributed by atoms with Crippen molar-refractivity contribution < 1.29 is 14.3 Å². The molecule has 1 aromatic carbocycles. The molecule has 3 N–H and O–H groups in total. The number of benzene rings is 1. The predicted molar refractivity (Wildman–Crippen MR) is 77.5 cm³/mol. The predicted octanol–water partition coefficient (Wildman–Crippen LogP) is 0.912. The summed E-state index contributed by atoms with van der Waals surface area (Å²) in [6, 6.07) is 8.92. The lowest BCUT2D eigenvalue weighted by Gasteiger charge is -2.06. The third-order valence-electron chi connectivity index (χ3n) is 2.63. The SMILES string of the molecule is NC(=O)C1CSC(CNC(=O)OCc2ccccc2)=N1. The van der Waals surface area contributed by atoms with Crippen molar-refractivity contribution in [1.82, 2.24) is 5.32 Å². The fourth-order valence-corrected chi connectivity index (χ4v) is 2.55. The monoisotopic (exact) mass is 293 g/mol. The van der Waals surface area contributed by atoms with E-state index >= 15 is 0 Å². The minimum absolute atomic E-state index is 0.218. The van der Waals surface area contributed by atoms with Crippen molar-refractivity contribution in [2.75, 3.05) is 12.3 Å². The van der Waals surface area contributed by atoms with Crippen molar-refractivity contribution in [2.24, 2.45) is 10.7 Å². The number of amides is 2. The number of hydrogen-bond donors (Lipinski definition) is 2. The second-order valence-electron chi connectivity index (χ2n) is 4.17. The molecule has 6 nitrogen and oxygen atoms in total. The molecule has 2 amide bonds. The van der Waals surface area contributed by atoms with Crippen LogP contribution >= 0.6 is 11.8 Å². The van der Waals surface area contributed by atoms with Gasteiger partial charge in [-0.15, -0.1) is 11.8 Å². The summed E-state index contributed by atoms with van der Waals surface area (Å²) in [5.74, 6) is 0.0879. The zero-order valence-corrected chi connectivity index (χ0v) is 11.6. The number of carbonyl (C=O) groups excluding carboxylic acids is 2. The van der Waals surface area contributed by atoms with Crippen molar-refractivity contribution in [1.29, 1.82) is 0 Å². The highest BCUT2D eigenvalue weighted by Gasteiger charge is 2.22. The number of alkyl carbamates (subject to hydrolysis) is 1. The van der Waals surface area contributed by atoms with Crippen LogP contribution in [0.15, 0.2) is 35.3 Å². The maximum Gasteiger partial charge on any atom is 0.407 e. The number of carbonyl (C=O) groups is 2. The molecule has 0 saturated heterocycles. The Balaban J connectivity index is 1.71. The maximum absolute atomic E-state index is 11.5. The Kier molecular flexibility index (Phi) is 5.00. The van der Waals surface area contributed by atoms with Gasteiger partial charge in [-0.05, 0) is 5.56 Å². The van der Waals surface area contributed by atoms with Gasteiger partial charge in [-0.2, -0.15) is 0 Å².